The van der Waals surface area contributed by atoms with Gasteiger partial charge in [0.05, 0.1) is 11.4 Å². The molecular formula is C28H36BrN3O2S. The summed E-state index contributed by atoms with van der Waals surface area (Å²) >= 11 is 4.93. The Morgan fingerprint density at radius 3 is 2.34 bits per heavy atom. The van der Waals surface area contributed by atoms with E-state index in [4.69, 9.17) is 0 Å². The number of rotatable bonds is 14. The highest BCUT2D eigenvalue weighted by molar-refractivity contribution is 9.10. The molecule has 2 amide bonds. The normalized spacial score (nSPS) is 10.9. The van der Waals surface area contributed by atoms with Gasteiger partial charge < -0.3 is 14.4 Å². The van der Waals surface area contributed by atoms with Crippen molar-refractivity contribution in [2.24, 2.45) is 0 Å². The van der Waals surface area contributed by atoms with Crippen molar-refractivity contribution in [3.05, 3.63) is 80.7 Å². The molecule has 2 aromatic heterocycles. The molecule has 0 atom stereocenters. The third kappa shape index (κ3) is 8.36. The van der Waals surface area contributed by atoms with Crippen LogP contribution in [0.1, 0.15) is 66.9 Å². The van der Waals surface area contributed by atoms with Crippen LogP contribution in [0.15, 0.2) is 64.6 Å². The van der Waals surface area contributed by atoms with E-state index in [1.165, 1.54) is 16.9 Å². The van der Waals surface area contributed by atoms with Crippen molar-refractivity contribution in [3.63, 3.8) is 0 Å². The van der Waals surface area contributed by atoms with E-state index < -0.39 is 0 Å². The summed E-state index contributed by atoms with van der Waals surface area (Å²) < 4.78 is 3.26. The Balaban J connectivity index is 1.72. The molecule has 5 nitrogen and oxygen atoms in total. The fourth-order valence-electron chi connectivity index (χ4n) is 3.99. The monoisotopic (exact) mass is 557 g/mol. The maximum Gasteiger partial charge on any atom is 0.264 e. The highest BCUT2D eigenvalue weighted by Gasteiger charge is 2.23. The predicted octanol–water partition coefficient (Wildman–Crippen LogP) is 6.82. The van der Waals surface area contributed by atoms with Crippen LogP contribution >= 0.6 is 27.3 Å². The Labute approximate surface area is 221 Å². The lowest BCUT2D eigenvalue weighted by Crippen LogP contribution is -2.43. The van der Waals surface area contributed by atoms with E-state index >= 15 is 0 Å². The number of hydrogen-bond donors (Lipinski definition) is 0. The molecule has 0 fully saturated rings. The van der Waals surface area contributed by atoms with Gasteiger partial charge in [0.2, 0.25) is 5.91 Å². The van der Waals surface area contributed by atoms with E-state index in [0.29, 0.717) is 24.5 Å². The summed E-state index contributed by atoms with van der Waals surface area (Å²) in [6.45, 7) is 7.00. The van der Waals surface area contributed by atoms with Gasteiger partial charge in [-0.25, -0.2) is 0 Å². The molecule has 7 heteroatoms. The van der Waals surface area contributed by atoms with Crippen LogP contribution in [0.4, 0.5) is 0 Å². The molecule has 3 rings (SSSR count). The molecule has 0 spiro atoms. The first-order chi connectivity index (χ1) is 17.0. The molecule has 0 aliphatic carbocycles. The van der Waals surface area contributed by atoms with Gasteiger partial charge in [-0.2, -0.15) is 0 Å². The Morgan fingerprint density at radius 1 is 0.914 bits per heavy atom. The molecule has 0 saturated heterocycles. The van der Waals surface area contributed by atoms with E-state index in [-0.39, 0.29) is 18.4 Å². The third-order valence-electron chi connectivity index (χ3n) is 6.05. The minimum absolute atomic E-state index is 0.0104. The third-order valence-corrected chi connectivity index (χ3v) is 7.44. The molecule has 2 heterocycles. The van der Waals surface area contributed by atoms with E-state index in [1.807, 2.05) is 40.6 Å². The van der Waals surface area contributed by atoms with Crippen LogP contribution in [-0.4, -0.2) is 45.8 Å². The van der Waals surface area contributed by atoms with Gasteiger partial charge in [0, 0.05) is 36.0 Å². The smallest absolute Gasteiger partial charge is 0.264 e. The van der Waals surface area contributed by atoms with Crippen molar-refractivity contribution >= 4 is 39.1 Å². The number of amides is 2. The number of halogens is 1. The Hall–Kier alpha value is -2.38. The first kappa shape index (κ1) is 27.2. The summed E-state index contributed by atoms with van der Waals surface area (Å²) in [7, 11) is 0. The molecule has 0 unspecified atom stereocenters. The fourth-order valence-corrected chi connectivity index (χ4v) is 4.95. The van der Waals surface area contributed by atoms with E-state index in [1.54, 1.807) is 4.90 Å². The molecule has 3 aromatic rings. The number of carbonyl (C=O) groups excluding carboxylic acids is 2. The number of thiophene rings is 1. The topological polar surface area (TPSA) is 45.6 Å². The van der Waals surface area contributed by atoms with Gasteiger partial charge >= 0.3 is 0 Å². The molecule has 0 saturated carbocycles. The van der Waals surface area contributed by atoms with Crippen molar-refractivity contribution in [3.8, 4) is 0 Å². The summed E-state index contributed by atoms with van der Waals surface area (Å²) in [6, 6.07) is 16.2. The van der Waals surface area contributed by atoms with Gasteiger partial charge in [-0.3, -0.25) is 9.59 Å². The van der Waals surface area contributed by atoms with Crippen LogP contribution in [0, 0.1) is 0 Å². The number of benzene rings is 1. The van der Waals surface area contributed by atoms with Crippen molar-refractivity contribution in [1.82, 2.24) is 14.4 Å². The zero-order valence-electron chi connectivity index (χ0n) is 20.8. The van der Waals surface area contributed by atoms with Crippen LogP contribution in [0.25, 0.3) is 0 Å². The van der Waals surface area contributed by atoms with E-state index in [9.17, 15) is 9.59 Å². The second-order valence-corrected chi connectivity index (χ2v) is 10.7. The van der Waals surface area contributed by atoms with Gasteiger partial charge in [0.1, 0.15) is 6.54 Å². The molecule has 0 aliphatic rings. The summed E-state index contributed by atoms with van der Waals surface area (Å²) in [5.41, 5.74) is 2.31. The van der Waals surface area contributed by atoms with Crippen LogP contribution in [0.2, 0.25) is 0 Å². The molecule has 0 radical (unpaired) electrons. The second kappa shape index (κ2) is 14.2. The number of nitrogens with zero attached hydrogens (tertiary/aromatic N) is 3. The average molecular weight is 559 g/mol. The molecule has 0 bridgehead atoms. The second-order valence-electron chi connectivity index (χ2n) is 8.83. The largest absolute Gasteiger partial charge is 0.345 e. The lowest BCUT2D eigenvalue weighted by Gasteiger charge is -2.28. The van der Waals surface area contributed by atoms with E-state index in [0.717, 1.165) is 48.8 Å². The number of unbranched alkanes of at least 4 members (excludes halogenated alkanes) is 3. The number of hydrogen-bond acceptors (Lipinski definition) is 3. The fraction of sp³-hybridized carbons (Fsp3) is 0.429. The van der Waals surface area contributed by atoms with Crippen LogP contribution in [0.3, 0.4) is 0 Å². The van der Waals surface area contributed by atoms with Gasteiger partial charge in [-0.1, -0.05) is 67.2 Å². The Kier molecular flexibility index (Phi) is 11.1. The molecule has 0 aliphatic heterocycles. The SMILES string of the molecule is CCCCCN(CC(=O)N(CCCC)Cc1cccn1Cc1ccc(Br)cc1)C(=O)c1cccs1. The van der Waals surface area contributed by atoms with Crippen molar-refractivity contribution < 1.29 is 9.59 Å². The van der Waals surface area contributed by atoms with Crippen molar-refractivity contribution in [1.29, 1.82) is 0 Å². The van der Waals surface area contributed by atoms with Crippen LogP contribution in [0.5, 0.6) is 0 Å². The number of carbonyl (C=O) groups is 2. The van der Waals surface area contributed by atoms with Gasteiger partial charge in [0.25, 0.3) is 5.91 Å². The first-order valence-electron chi connectivity index (χ1n) is 12.5. The Bertz CT molecular complexity index is 1050. The van der Waals surface area contributed by atoms with Crippen molar-refractivity contribution in [2.75, 3.05) is 19.6 Å². The van der Waals surface area contributed by atoms with Crippen molar-refractivity contribution in [2.45, 2.75) is 59.0 Å². The zero-order valence-corrected chi connectivity index (χ0v) is 23.2. The lowest BCUT2D eigenvalue weighted by atomic mass is 10.2. The number of aromatic nitrogens is 1. The lowest BCUT2D eigenvalue weighted by molar-refractivity contribution is -0.132. The van der Waals surface area contributed by atoms with Gasteiger partial charge in [0.15, 0.2) is 0 Å². The maximum atomic E-state index is 13.5. The molecule has 188 valence electrons. The predicted molar refractivity (Wildman–Crippen MR) is 148 cm³/mol. The van der Waals surface area contributed by atoms with Gasteiger partial charge in [-0.15, -0.1) is 11.3 Å². The minimum atomic E-state index is -0.0430. The van der Waals surface area contributed by atoms with Gasteiger partial charge in [-0.05, 0) is 54.1 Å². The van der Waals surface area contributed by atoms with E-state index in [2.05, 4.69) is 58.7 Å². The molecule has 35 heavy (non-hydrogen) atoms. The summed E-state index contributed by atoms with van der Waals surface area (Å²) in [6.07, 6.45) is 7.05. The average Bonchev–Trinajstić information content (AvgIpc) is 3.54. The minimum Gasteiger partial charge on any atom is -0.345 e. The first-order valence-corrected chi connectivity index (χ1v) is 14.2. The zero-order chi connectivity index (χ0) is 25.0. The maximum absolute atomic E-state index is 13.5. The molecule has 0 N–H and O–H groups in total. The Morgan fingerprint density at radius 2 is 1.66 bits per heavy atom. The van der Waals surface area contributed by atoms with Crippen LogP contribution < -0.4 is 0 Å². The quantitative estimate of drug-likeness (QED) is 0.204. The van der Waals surface area contributed by atoms with Crippen LogP contribution in [-0.2, 0) is 17.9 Å². The standard InChI is InChI=1S/C28H36BrN3O2S/c1-3-5-7-17-32(28(34)26-11-9-19-35-26)22-27(33)31(16-6-4-2)21-25-10-8-18-30(25)20-23-12-14-24(29)15-13-23/h8-15,18-19H,3-7,16-17,20-22H2,1-2H3. The highest BCUT2D eigenvalue weighted by atomic mass is 79.9. The summed E-state index contributed by atoms with van der Waals surface area (Å²) in [5.74, 6) is -0.0326. The highest BCUT2D eigenvalue weighted by Crippen LogP contribution is 2.17. The summed E-state index contributed by atoms with van der Waals surface area (Å²) in [4.78, 5) is 31.0. The molecule has 1 aromatic carbocycles. The molecular weight excluding hydrogens is 522 g/mol. The summed E-state index contributed by atoms with van der Waals surface area (Å²) in [5, 5.41) is 1.91.